The van der Waals surface area contributed by atoms with E-state index in [1.165, 1.54) is 14.6 Å². The van der Waals surface area contributed by atoms with Gasteiger partial charge in [0.25, 0.3) is 0 Å². The number of rotatable bonds is 2. The van der Waals surface area contributed by atoms with Crippen molar-refractivity contribution in [3.63, 3.8) is 0 Å². The number of nitriles is 1. The predicted octanol–water partition coefficient (Wildman–Crippen LogP) is 4.47. The highest BCUT2D eigenvalue weighted by Gasteiger charge is 2.07. The zero-order valence-corrected chi connectivity index (χ0v) is 10.3. The third-order valence-electron chi connectivity index (χ3n) is 2.15. The van der Waals surface area contributed by atoms with Crippen molar-refractivity contribution in [2.24, 2.45) is 0 Å². The van der Waals surface area contributed by atoms with E-state index in [0.29, 0.717) is 5.92 Å². The van der Waals surface area contributed by atoms with Crippen molar-refractivity contribution in [2.75, 3.05) is 0 Å². The fourth-order valence-electron chi connectivity index (χ4n) is 1.33. The van der Waals surface area contributed by atoms with Crippen LogP contribution in [0.25, 0.3) is 9.75 Å². The molecular formula is C12H11NS2. The molecule has 0 saturated heterocycles. The summed E-state index contributed by atoms with van der Waals surface area (Å²) in [5.74, 6) is 0.583. The lowest BCUT2D eigenvalue weighted by Gasteiger charge is -1.97. The first kappa shape index (κ1) is 10.4. The molecule has 0 spiro atoms. The summed E-state index contributed by atoms with van der Waals surface area (Å²) in [7, 11) is 0. The van der Waals surface area contributed by atoms with Crippen LogP contribution in [0.15, 0.2) is 24.3 Å². The topological polar surface area (TPSA) is 23.8 Å². The van der Waals surface area contributed by atoms with Gasteiger partial charge in [-0.1, -0.05) is 13.8 Å². The minimum Gasteiger partial charge on any atom is -0.192 e. The summed E-state index contributed by atoms with van der Waals surface area (Å²) in [5.41, 5.74) is 0. The molecule has 0 aromatic carbocycles. The molecule has 2 rings (SSSR count). The Morgan fingerprint density at radius 2 is 1.73 bits per heavy atom. The highest BCUT2D eigenvalue weighted by Crippen LogP contribution is 2.35. The molecule has 0 N–H and O–H groups in total. The number of nitrogens with zero attached hydrogens (tertiary/aromatic N) is 1. The van der Waals surface area contributed by atoms with Gasteiger partial charge in [0, 0.05) is 14.6 Å². The second kappa shape index (κ2) is 4.18. The molecule has 0 bridgehead atoms. The maximum absolute atomic E-state index is 8.76. The van der Waals surface area contributed by atoms with E-state index in [1.807, 2.05) is 23.5 Å². The van der Waals surface area contributed by atoms with Gasteiger partial charge in [0.2, 0.25) is 0 Å². The number of thiophene rings is 2. The van der Waals surface area contributed by atoms with Crippen LogP contribution in [-0.2, 0) is 0 Å². The predicted molar refractivity (Wildman–Crippen MR) is 66.4 cm³/mol. The van der Waals surface area contributed by atoms with Crippen molar-refractivity contribution >= 4 is 22.7 Å². The standard InChI is InChI=1S/C12H11NS2/c1-8(2)10-5-6-12(15-10)11-4-3-9(7-13)14-11/h3-6,8H,1-2H3. The van der Waals surface area contributed by atoms with Crippen molar-refractivity contribution in [1.82, 2.24) is 0 Å². The fourth-order valence-corrected chi connectivity index (χ4v) is 3.23. The lowest BCUT2D eigenvalue weighted by atomic mass is 10.2. The van der Waals surface area contributed by atoms with E-state index in [4.69, 9.17) is 5.26 Å². The largest absolute Gasteiger partial charge is 0.192 e. The van der Waals surface area contributed by atoms with Gasteiger partial charge in [-0.15, -0.1) is 22.7 Å². The van der Waals surface area contributed by atoms with Gasteiger partial charge in [0.05, 0.1) is 0 Å². The summed E-state index contributed by atoms with van der Waals surface area (Å²) >= 11 is 3.38. The Kier molecular flexibility index (Phi) is 2.90. The van der Waals surface area contributed by atoms with E-state index in [-0.39, 0.29) is 0 Å². The zero-order valence-electron chi connectivity index (χ0n) is 8.65. The van der Waals surface area contributed by atoms with Crippen LogP contribution in [0.1, 0.15) is 29.5 Å². The van der Waals surface area contributed by atoms with Crippen molar-refractivity contribution in [3.8, 4) is 15.8 Å². The van der Waals surface area contributed by atoms with Gasteiger partial charge in [-0.3, -0.25) is 0 Å². The molecule has 0 aliphatic rings. The summed E-state index contributed by atoms with van der Waals surface area (Å²) in [6.45, 7) is 4.40. The van der Waals surface area contributed by atoms with Gasteiger partial charge in [-0.2, -0.15) is 5.26 Å². The molecule has 15 heavy (non-hydrogen) atoms. The van der Waals surface area contributed by atoms with Crippen LogP contribution in [0, 0.1) is 11.3 Å². The van der Waals surface area contributed by atoms with Crippen LogP contribution >= 0.6 is 22.7 Å². The van der Waals surface area contributed by atoms with Crippen molar-refractivity contribution in [2.45, 2.75) is 19.8 Å². The monoisotopic (exact) mass is 233 g/mol. The Balaban J connectivity index is 2.34. The molecule has 2 aromatic rings. The van der Waals surface area contributed by atoms with E-state index in [1.54, 1.807) is 11.3 Å². The quantitative estimate of drug-likeness (QED) is 0.750. The molecule has 0 aliphatic heterocycles. The second-order valence-corrected chi connectivity index (χ2v) is 5.83. The maximum atomic E-state index is 8.76. The molecule has 1 nitrogen and oxygen atoms in total. The summed E-state index contributed by atoms with van der Waals surface area (Å²) in [6, 6.07) is 10.4. The maximum Gasteiger partial charge on any atom is 0.110 e. The van der Waals surface area contributed by atoms with Gasteiger partial charge in [-0.05, 0) is 30.2 Å². The van der Waals surface area contributed by atoms with E-state index < -0.39 is 0 Å². The number of hydrogen-bond acceptors (Lipinski definition) is 3. The molecule has 76 valence electrons. The third kappa shape index (κ3) is 2.11. The fraction of sp³-hybridized carbons (Fsp3) is 0.250. The van der Waals surface area contributed by atoms with Crippen molar-refractivity contribution < 1.29 is 0 Å². The lowest BCUT2D eigenvalue weighted by molar-refractivity contribution is 0.890. The van der Waals surface area contributed by atoms with Crippen LogP contribution in [0.2, 0.25) is 0 Å². The molecule has 3 heteroatoms. The summed E-state index contributed by atoms with van der Waals surface area (Å²) in [6.07, 6.45) is 0. The highest BCUT2D eigenvalue weighted by molar-refractivity contribution is 7.22. The first-order valence-corrected chi connectivity index (χ1v) is 6.44. The molecule has 0 saturated carbocycles. The first-order chi connectivity index (χ1) is 7.20. The summed E-state index contributed by atoms with van der Waals surface area (Å²) in [5, 5.41) is 8.76. The van der Waals surface area contributed by atoms with Crippen molar-refractivity contribution in [3.05, 3.63) is 34.0 Å². The summed E-state index contributed by atoms with van der Waals surface area (Å²) in [4.78, 5) is 4.65. The van der Waals surface area contributed by atoms with E-state index in [9.17, 15) is 0 Å². The van der Waals surface area contributed by atoms with E-state index >= 15 is 0 Å². The van der Waals surface area contributed by atoms with Gasteiger partial charge < -0.3 is 0 Å². The molecular weight excluding hydrogens is 222 g/mol. The molecule has 0 fully saturated rings. The van der Waals surface area contributed by atoms with Crippen LogP contribution in [-0.4, -0.2) is 0 Å². The van der Waals surface area contributed by atoms with Gasteiger partial charge in [0.1, 0.15) is 10.9 Å². The Hall–Kier alpha value is -1.11. The van der Waals surface area contributed by atoms with Gasteiger partial charge in [-0.25, -0.2) is 0 Å². The number of hydrogen-bond donors (Lipinski definition) is 0. The average Bonchev–Trinajstić information content (AvgIpc) is 2.86. The minimum absolute atomic E-state index is 0.583. The lowest BCUT2D eigenvalue weighted by Crippen LogP contribution is -1.77. The SMILES string of the molecule is CC(C)c1ccc(-c2ccc(C#N)s2)s1. The van der Waals surface area contributed by atoms with E-state index in [0.717, 1.165) is 4.88 Å². The normalized spacial score (nSPS) is 10.5. The minimum atomic E-state index is 0.583. The van der Waals surface area contributed by atoms with E-state index in [2.05, 4.69) is 32.0 Å². The zero-order chi connectivity index (χ0) is 10.8. The smallest absolute Gasteiger partial charge is 0.110 e. The summed E-state index contributed by atoms with van der Waals surface area (Å²) < 4.78 is 0. The Bertz CT molecular complexity index is 500. The first-order valence-electron chi connectivity index (χ1n) is 4.80. The highest BCUT2D eigenvalue weighted by atomic mass is 32.1. The van der Waals surface area contributed by atoms with Crippen LogP contribution in [0.5, 0.6) is 0 Å². The molecule has 0 amide bonds. The van der Waals surface area contributed by atoms with Crippen LogP contribution in [0.4, 0.5) is 0 Å². The second-order valence-electron chi connectivity index (χ2n) is 3.63. The van der Waals surface area contributed by atoms with Crippen molar-refractivity contribution in [1.29, 1.82) is 5.26 Å². The molecule has 2 heterocycles. The molecule has 0 atom stereocenters. The Morgan fingerprint density at radius 1 is 1.07 bits per heavy atom. The van der Waals surface area contributed by atoms with Crippen LogP contribution in [0.3, 0.4) is 0 Å². The molecule has 0 radical (unpaired) electrons. The third-order valence-corrected chi connectivity index (χ3v) is 4.73. The Labute approximate surface area is 97.6 Å². The molecule has 0 aliphatic carbocycles. The Morgan fingerprint density at radius 3 is 2.27 bits per heavy atom. The van der Waals surface area contributed by atoms with Gasteiger partial charge >= 0.3 is 0 Å². The molecule has 0 unspecified atom stereocenters. The van der Waals surface area contributed by atoms with Crippen LogP contribution < -0.4 is 0 Å². The van der Waals surface area contributed by atoms with Gasteiger partial charge in [0.15, 0.2) is 0 Å². The average molecular weight is 233 g/mol. The molecule has 2 aromatic heterocycles.